The summed E-state index contributed by atoms with van der Waals surface area (Å²) < 4.78 is 6.35. The molecule has 4 aromatic rings. The number of hydrogen-bond donors (Lipinski definition) is 0. The minimum Gasteiger partial charge on any atom is -0.465 e. The van der Waals surface area contributed by atoms with Crippen molar-refractivity contribution in [2.45, 2.75) is 13.5 Å². The zero-order valence-corrected chi connectivity index (χ0v) is 16.3. The van der Waals surface area contributed by atoms with Gasteiger partial charge in [0.25, 0.3) is 5.56 Å². The van der Waals surface area contributed by atoms with Crippen molar-refractivity contribution >= 4 is 27.5 Å². The number of hydrogen-bond acceptors (Lipinski definition) is 5. The summed E-state index contributed by atoms with van der Waals surface area (Å²) in [7, 11) is 1.35. The topological polar surface area (TPSA) is 61.2 Å². The number of rotatable bonds is 4. The van der Waals surface area contributed by atoms with Gasteiger partial charge in [-0.15, -0.1) is 11.3 Å². The number of aromatic nitrogens is 2. The van der Waals surface area contributed by atoms with Gasteiger partial charge < -0.3 is 4.74 Å². The van der Waals surface area contributed by atoms with Gasteiger partial charge in [-0.05, 0) is 30.2 Å². The number of ether oxygens (including phenoxy) is 1. The van der Waals surface area contributed by atoms with E-state index in [0.717, 1.165) is 26.4 Å². The van der Waals surface area contributed by atoms with Crippen LogP contribution in [0, 0.1) is 6.92 Å². The number of thiophene rings is 1. The van der Waals surface area contributed by atoms with E-state index in [4.69, 9.17) is 4.74 Å². The third-order valence-corrected chi connectivity index (χ3v) is 5.63. The van der Waals surface area contributed by atoms with E-state index in [2.05, 4.69) is 4.98 Å². The summed E-state index contributed by atoms with van der Waals surface area (Å²) in [4.78, 5) is 31.3. The van der Waals surface area contributed by atoms with Gasteiger partial charge >= 0.3 is 5.97 Å². The van der Waals surface area contributed by atoms with E-state index in [1.54, 1.807) is 29.1 Å². The van der Waals surface area contributed by atoms with Crippen molar-refractivity contribution in [1.29, 1.82) is 0 Å². The predicted molar refractivity (Wildman–Crippen MR) is 111 cm³/mol. The van der Waals surface area contributed by atoms with Crippen LogP contribution in [-0.4, -0.2) is 22.6 Å². The quantitative estimate of drug-likeness (QED) is 0.488. The molecule has 0 unspecified atom stereocenters. The molecule has 4 rings (SSSR count). The number of carbonyl (C=O) groups excluding carboxylic acids is 1. The standard InChI is InChI=1S/C22H18N2O3S/c1-14-18(16-8-4-3-5-9-16)19-20(28-14)23-13-24(21(19)25)12-15-7-6-10-17(11-15)22(26)27-2/h3-11,13H,12H2,1-2H3. The molecule has 0 fully saturated rings. The first-order valence-electron chi connectivity index (χ1n) is 8.79. The molecule has 6 heteroatoms. The van der Waals surface area contributed by atoms with Gasteiger partial charge in [-0.3, -0.25) is 9.36 Å². The highest BCUT2D eigenvalue weighted by Crippen LogP contribution is 2.35. The Balaban J connectivity index is 1.81. The Kier molecular flexibility index (Phi) is 4.79. The molecule has 0 saturated carbocycles. The number of carbonyl (C=O) groups is 1. The van der Waals surface area contributed by atoms with Crippen molar-refractivity contribution in [3.63, 3.8) is 0 Å². The lowest BCUT2D eigenvalue weighted by molar-refractivity contribution is 0.0600. The number of nitrogens with zero attached hydrogens (tertiary/aromatic N) is 2. The number of esters is 1. The molecular formula is C22H18N2O3S. The first-order valence-corrected chi connectivity index (χ1v) is 9.61. The summed E-state index contributed by atoms with van der Waals surface area (Å²) >= 11 is 1.53. The van der Waals surface area contributed by atoms with E-state index in [9.17, 15) is 9.59 Å². The second-order valence-corrected chi connectivity index (χ2v) is 7.65. The molecule has 0 bridgehead atoms. The number of fused-ring (bicyclic) bond motifs is 1. The Bertz CT molecular complexity index is 1230. The van der Waals surface area contributed by atoms with Gasteiger partial charge in [0.2, 0.25) is 0 Å². The van der Waals surface area contributed by atoms with Gasteiger partial charge in [-0.25, -0.2) is 9.78 Å². The molecule has 0 saturated heterocycles. The van der Waals surface area contributed by atoms with Crippen molar-refractivity contribution in [3.05, 3.63) is 87.3 Å². The predicted octanol–water partition coefficient (Wildman–Crippen LogP) is 4.27. The van der Waals surface area contributed by atoms with Gasteiger partial charge in [0.15, 0.2) is 0 Å². The smallest absolute Gasteiger partial charge is 0.337 e. The van der Waals surface area contributed by atoms with Crippen LogP contribution in [0.1, 0.15) is 20.8 Å². The minimum absolute atomic E-state index is 0.0864. The van der Waals surface area contributed by atoms with Crippen LogP contribution in [0.4, 0.5) is 0 Å². The summed E-state index contributed by atoms with van der Waals surface area (Å²) in [5.74, 6) is -0.400. The molecule has 0 N–H and O–H groups in total. The van der Waals surface area contributed by atoms with Crippen LogP contribution < -0.4 is 5.56 Å². The Labute approximate surface area is 165 Å². The van der Waals surface area contributed by atoms with E-state index in [1.165, 1.54) is 18.4 Å². The van der Waals surface area contributed by atoms with Crippen LogP contribution in [-0.2, 0) is 11.3 Å². The maximum atomic E-state index is 13.3. The SMILES string of the molecule is COC(=O)c1cccc(Cn2cnc3sc(C)c(-c4ccccc4)c3c2=O)c1. The molecule has 0 atom stereocenters. The van der Waals surface area contributed by atoms with Crippen molar-refractivity contribution in [1.82, 2.24) is 9.55 Å². The molecule has 0 aliphatic carbocycles. The molecule has 0 aliphatic heterocycles. The fourth-order valence-electron chi connectivity index (χ4n) is 3.31. The molecular weight excluding hydrogens is 372 g/mol. The molecule has 2 heterocycles. The lowest BCUT2D eigenvalue weighted by atomic mass is 10.0. The Morgan fingerprint density at radius 2 is 1.93 bits per heavy atom. The highest BCUT2D eigenvalue weighted by molar-refractivity contribution is 7.19. The lowest BCUT2D eigenvalue weighted by Crippen LogP contribution is -2.21. The number of methoxy groups -OCH3 is 1. The molecule has 28 heavy (non-hydrogen) atoms. The summed E-state index contributed by atoms with van der Waals surface area (Å²) in [5, 5.41) is 0.639. The third kappa shape index (κ3) is 3.23. The van der Waals surface area contributed by atoms with E-state index >= 15 is 0 Å². The third-order valence-electron chi connectivity index (χ3n) is 4.62. The maximum absolute atomic E-state index is 13.3. The van der Waals surface area contributed by atoms with Crippen molar-refractivity contribution in [2.24, 2.45) is 0 Å². The van der Waals surface area contributed by atoms with Gasteiger partial charge in [-0.1, -0.05) is 42.5 Å². The Hall–Kier alpha value is -3.25. The van der Waals surface area contributed by atoms with Crippen LogP contribution in [0.2, 0.25) is 0 Å². The lowest BCUT2D eigenvalue weighted by Gasteiger charge is -2.08. The molecule has 5 nitrogen and oxygen atoms in total. The van der Waals surface area contributed by atoms with Crippen LogP contribution in [0.5, 0.6) is 0 Å². The van der Waals surface area contributed by atoms with Crippen molar-refractivity contribution < 1.29 is 9.53 Å². The maximum Gasteiger partial charge on any atom is 0.337 e. The number of aryl methyl sites for hydroxylation is 1. The normalized spacial score (nSPS) is 10.9. The molecule has 0 spiro atoms. The van der Waals surface area contributed by atoms with Crippen LogP contribution in [0.3, 0.4) is 0 Å². The average molecular weight is 390 g/mol. The van der Waals surface area contributed by atoms with Crippen LogP contribution in [0.25, 0.3) is 21.3 Å². The van der Waals surface area contributed by atoms with Crippen LogP contribution in [0.15, 0.2) is 65.7 Å². The highest BCUT2D eigenvalue weighted by Gasteiger charge is 2.17. The first kappa shape index (κ1) is 18.1. The second-order valence-electron chi connectivity index (χ2n) is 6.45. The molecule has 2 aromatic heterocycles. The van der Waals surface area contributed by atoms with Crippen molar-refractivity contribution in [2.75, 3.05) is 7.11 Å². The van der Waals surface area contributed by atoms with Crippen LogP contribution >= 0.6 is 11.3 Å². The molecule has 0 aliphatic rings. The zero-order valence-electron chi connectivity index (χ0n) is 15.5. The summed E-state index contributed by atoms with van der Waals surface area (Å²) in [6, 6.07) is 17.0. The Morgan fingerprint density at radius 3 is 2.68 bits per heavy atom. The van der Waals surface area contributed by atoms with Gasteiger partial charge in [0.05, 0.1) is 30.9 Å². The van der Waals surface area contributed by atoms with E-state index in [-0.39, 0.29) is 5.56 Å². The van der Waals surface area contributed by atoms with Gasteiger partial charge in [0.1, 0.15) is 4.83 Å². The summed E-state index contributed by atoms with van der Waals surface area (Å²) in [6.07, 6.45) is 1.57. The van der Waals surface area contributed by atoms with E-state index < -0.39 is 5.97 Å². The van der Waals surface area contributed by atoms with E-state index in [0.29, 0.717) is 17.5 Å². The van der Waals surface area contributed by atoms with Gasteiger partial charge in [0, 0.05) is 10.4 Å². The minimum atomic E-state index is -0.400. The molecule has 0 radical (unpaired) electrons. The molecule has 2 aromatic carbocycles. The number of benzene rings is 2. The molecule has 0 amide bonds. The van der Waals surface area contributed by atoms with E-state index in [1.807, 2.05) is 43.3 Å². The first-order chi connectivity index (χ1) is 13.6. The fraction of sp³-hybridized carbons (Fsp3) is 0.136. The van der Waals surface area contributed by atoms with Gasteiger partial charge in [-0.2, -0.15) is 0 Å². The van der Waals surface area contributed by atoms with Crippen molar-refractivity contribution in [3.8, 4) is 11.1 Å². The monoisotopic (exact) mass is 390 g/mol. The summed E-state index contributed by atoms with van der Waals surface area (Å²) in [5.41, 5.74) is 3.15. The zero-order chi connectivity index (χ0) is 19.7. The average Bonchev–Trinajstić information content (AvgIpc) is 3.07. The molecule has 140 valence electrons. The summed E-state index contributed by atoms with van der Waals surface area (Å²) in [6.45, 7) is 2.34. The Morgan fingerprint density at radius 1 is 1.14 bits per heavy atom. The second kappa shape index (κ2) is 7.40. The fourth-order valence-corrected chi connectivity index (χ4v) is 4.32. The highest BCUT2D eigenvalue weighted by atomic mass is 32.1. The largest absolute Gasteiger partial charge is 0.465 e.